The van der Waals surface area contributed by atoms with Crippen molar-refractivity contribution in [1.29, 1.82) is 0 Å². The first-order valence-electron chi connectivity index (χ1n) is 4.53. The predicted molar refractivity (Wildman–Crippen MR) is 48.0 cm³/mol. The maximum absolute atomic E-state index is 9.63. The molecule has 13 heavy (non-hydrogen) atoms. The molecule has 1 heterocycles. The number of hydrogen-bond donors (Lipinski definition) is 2. The minimum atomic E-state index is -0.533. The quantitative estimate of drug-likeness (QED) is 0.696. The molecule has 1 unspecified atom stereocenters. The van der Waals surface area contributed by atoms with Gasteiger partial charge >= 0.3 is 0 Å². The first kappa shape index (κ1) is 8.59. The molecule has 1 fully saturated rings. The molecule has 0 aromatic carbocycles. The summed E-state index contributed by atoms with van der Waals surface area (Å²) in [6.07, 6.45) is 6.72. The van der Waals surface area contributed by atoms with E-state index >= 15 is 0 Å². The van der Waals surface area contributed by atoms with E-state index in [-0.39, 0.29) is 0 Å². The molecule has 2 rings (SSSR count). The maximum Gasteiger partial charge on any atom is 0.110 e. The van der Waals surface area contributed by atoms with E-state index in [2.05, 4.69) is 15.3 Å². The summed E-state index contributed by atoms with van der Waals surface area (Å²) >= 11 is 0. The molecular weight excluding hydrogens is 166 g/mol. The van der Waals surface area contributed by atoms with Gasteiger partial charge in [0.15, 0.2) is 0 Å². The van der Waals surface area contributed by atoms with Gasteiger partial charge in [0, 0.05) is 25.0 Å². The predicted octanol–water partition coefficient (Wildman–Crippen LogP) is 0.262. The average molecular weight is 179 g/mol. The zero-order valence-electron chi connectivity index (χ0n) is 7.35. The van der Waals surface area contributed by atoms with Gasteiger partial charge in [-0.1, -0.05) is 0 Å². The summed E-state index contributed by atoms with van der Waals surface area (Å²) in [6.45, 7) is 0.573. The number of aromatic nitrogens is 2. The van der Waals surface area contributed by atoms with Crippen molar-refractivity contribution in [3.63, 3.8) is 0 Å². The first-order valence-corrected chi connectivity index (χ1v) is 4.53. The van der Waals surface area contributed by atoms with Crippen molar-refractivity contribution in [3.8, 4) is 0 Å². The normalized spacial score (nSPS) is 18.5. The lowest BCUT2D eigenvalue weighted by Crippen LogP contribution is -2.23. The monoisotopic (exact) mass is 179 g/mol. The van der Waals surface area contributed by atoms with Gasteiger partial charge in [-0.25, -0.2) is 0 Å². The van der Waals surface area contributed by atoms with E-state index in [1.807, 2.05) is 0 Å². The van der Waals surface area contributed by atoms with E-state index < -0.39 is 6.10 Å². The third-order valence-electron chi connectivity index (χ3n) is 2.10. The highest BCUT2D eigenvalue weighted by Crippen LogP contribution is 2.19. The number of hydrogen-bond acceptors (Lipinski definition) is 4. The van der Waals surface area contributed by atoms with Gasteiger partial charge in [0.05, 0.1) is 11.9 Å². The molecule has 70 valence electrons. The van der Waals surface area contributed by atoms with Crippen LogP contribution in [0.3, 0.4) is 0 Å². The zero-order valence-corrected chi connectivity index (χ0v) is 7.35. The lowest BCUT2D eigenvalue weighted by atomic mass is 10.2. The number of aliphatic hydroxyl groups excluding tert-OH is 1. The standard InChI is InChI=1S/C9H13N3O/c13-9(6-12-7-1-2-7)8-5-10-3-4-11-8/h3-5,7,9,12-13H,1-2,6H2. The third kappa shape index (κ3) is 2.47. The fourth-order valence-electron chi connectivity index (χ4n) is 1.15. The van der Waals surface area contributed by atoms with Gasteiger partial charge in [-0.05, 0) is 12.8 Å². The van der Waals surface area contributed by atoms with Crippen LogP contribution >= 0.6 is 0 Å². The molecule has 4 heteroatoms. The van der Waals surface area contributed by atoms with E-state index in [4.69, 9.17) is 0 Å². The first-order chi connectivity index (χ1) is 6.36. The highest BCUT2D eigenvalue weighted by molar-refractivity contribution is 5.00. The summed E-state index contributed by atoms with van der Waals surface area (Å²) < 4.78 is 0. The van der Waals surface area contributed by atoms with Crippen LogP contribution in [0.15, 0.2) is 18.6 Å². The topological polar surface area (TPSA) is 58.0 Å². The van der Waals surface area contributed by atoms with Crippen molar-refractivity contribution in [1.82, 2.24) is 15.3 Å². The van der Waals surface area contributed by atoms with Crippen LogP contribution in [0.1, 0.15) is 24.6 Å². The largest absolute Gasteiger partial charge is 0.385 e. The molecule has 0 amide bonds. The Kier molecular flexibility index (Phi) is 2.52. The minimum Gasteiger partial charge on any atom is -0.385 e. The summed E-state index contributed by atoms with van der Waals surface area (Å²) in [5.41, 5.74) is 0.635. The van der Waals surface area contributed by atoms with Crippen LogP contribution in [0.4, 0.5) is 0 Å². The summed E-state index contributed by atoms with van der Waals surface area (Å²) in [7, 11) is 0. The molecule has 1 atom stereocenters. The Bertz CT molecular complexity index is 261. The Morgan fingerprint density at radius 2 is 2.38 bits per heavy atom. The number of nitrogens with one attached hydrogen (secondary N) is 1. The van der Waals surface area contributed by atoms with E-state index in [0.717, 1.165) is 0 Å². The Balaban J connectivity index is 1.85. The van der Waals surface area contributed by atoms with Crippen LogP contribution in [0.5, 0.6) is 0 Å². The molecule has 1 saturated carbocycles. The smallest absolute Gasteiger partial charge is 0.110 e. The van der Waals surface area contributed by atoms with Crippen molar-refractivity contribution in [2.45, 2.75) is 25.0 Å². The van der Waals surface area contributed by atoms with E-state index in [0.29, 0.717) is 18.3 Å². The van der Waals surface area contributed by atoms with Crippen LogP contribution in [0.25, 0.3) is 0 Å². The molecule has 2 N–H and O–H groups in total. The van der Waals surface area contributed by atoms with Crippen molar-refractivity contribution in [3.05, 3.63) is 24.3 Å². The summed E-state index contributed by atoms with van der Waals surface area (Å²) in [5, 5.41) is 12.9. The Morgan fingerprint density at radius 3 is 3.00 bits per heavy atom. The molecule has 0 spiro atoms. The van der Waals surface area contributed by atoms with Crippen molar-refractivity contribution in [2.75, 3.05) is 6.54 Å². The summed E-state index contributed by atoms with van der Waals surface area (Å²) in [6, 6.07) is 0.617. The molecule has 4 nitrogen and oxygen atoms in total. The zero-order chi connectivity index (χ0) is 9.10. The maximum atomic E-state index is 9.63. The van der Waals surface area contributed by atoms with E-state index in [1.54, 1.807) is 18.6 Å². The van der Waals surface area contributed by atoms with Crippen molar-refractivity contribution >= 4 is 0 Å². The second-order valence-electron chi connectivity index (χ2n) is 3.33. The van der Waals surface area contributed by atoms with E-state index in [9.17, 15) is 5.11 Å². The van der Waals surface area contributed by atoms with Crippen LogP contribution in [0.2, 0.25) is 0 Å². The highest BCUT2D eigenvalue weighted by Gasteiger charge is 2.21. The number of rotatable bonds is 4. The Hall–Kier alpha value is -1.00. The van der Waals surface area contributed by atoms with E-state index in [1.165, 1.54) is 12.8 Å². The van der Waals surface area contributed by atoms with Crippen LogP contribution < -0.4 is 5.32 Å². The summed E-state index contributed by atoms with van der Waals surface area (Å²) in [4.78, 5) is 7.92. The van der Waals surface area contributed by atoms with Crippen LogP contribution in [-0.2, 0) is 0 Å². The SMILES string of the molecule is OC(CNC1CC1)c1cnccn1. The van der Waals surface area contributed by atoms with Crippen molar-refractivity contribution in [2.24, 2.45) is 0 Å². The Labute approximate surface area is 77.0 Å². The highest BCUT2D eigenvalue weighted by atomic mass is 16.3. The minimum absolute atomic E-state index is 0.533. The van der Waals surface area contributed by atoms with Crippen molar-refractivity contribution < 1.29 is 5.11 Å². The van der Waals surface area contributed by atoms with Gasteiger partial charge < -0.3 is 10.4 Å². The molecule has 1 aromatic heterocycles. The molecule has 0 bridgehead atoms. The molecular formula is C9H13N3O. The molecule has 0 saturated heterocycles. The molecule has 1 aliphatic carbocycles. The molecule has 0 radical (unpaired) electrons. The second-order valence-corrected chi connectivity index (χ2v) is 3.33. The fraction of sp³-hybridized carbons (Fsp3) is 0.556. The molecule has 1 aromatic rings. The number of aliphatic hydroxyl groups is 1. The fourth-order valence-corrected chi connectivity index (χ4v) is 1.15. The van der Waals surface area contributed by atoms with Crippen LogP contribution in [-0.4, -0.2) is 27.7 Å². The number of nitrogens with zero attached hydrogens (tertiary/aromatic N) is 2. The van der Waals surface area contributed by atoms with Gasteiger partial charge in [-0.2, -0.15) is 0 Å². The van der Waals surface area contributed by atoms with Gasteiger partial charge in [-0.3, -0.25) is 9.97 Å². The lowest BCUT2D eigenvalue weighted by molar-refractivity contribution is 0.169. The van der Waals surface area contributed by atoms with Gasteiger partial charge in [0.1, 0.15) is 6.10 Å². The molecule has 1 aliphatic rings. The second kappa shape index (κ2) is 3.81. The average Bonchev–Trinajstić information content (AvgIpc) is 2.99. The van der Waals surface area contributed by atoms with Crippen LogP contribution in [0, 0.1) is 0 Å². The Morgan fingerprint density at radius 1 is 1.54 bits per heavy atom. The van der Waals surface area contributed by atoms with Gasteiger partial charge in [0.25, 0.3) is 0 Å². The molecule has 0 aliphatic heterocycles. The van der Waals surface area contributed by atoms with Gasteiger partial charge in [-0.15, -0.1) is 0 Å². The third-order valence-corrected chi connectivity index (χ3v) is 2.10. The lowest BCUT2D eigenvalue weighted by Gasteiger charge is -2.09. The summed E-state index contributed by atoms with van der Waals surface area (Å²) in [5.74, 6) is 0. The van der Waals surface area contributed by atoms with Gasteiger partial charge in [0.2, 0.25) is 0 Å².